The molecule has 2 unspecified atom stereocenters. The molecule has 2 heterocycles. The minimum atomic E-state index is 0.0778. The molecule has 1 aromatic rings. The number of rotatable bonds is 2. The summed E-state index contributed by atoms with van der Waals surface area (Å²) >= 11 is 3.95. The molecule has 1 fully saturated rings. The van der Waals surface area contributed by atoms with E-state index >= 15 is 0 Å². The van der Waals surface area contributed by atoms with Gasteiger partial charge < -0.3 is 5.73 Å². The molecule has 0 aliphatic carbocycles. The highest BCUT2D eigenvalue weighted by molar-refractivity contribution is 8.06. The second-order valence-corrected chi connectivity index (χ2v) is 5.68. The fraction of sp³-hybridized carbons (Fsp3) is 0.556. The monoisotopic (exact) mass is 227 g/mol. The standard InChI is InChI=1S/C9H13N3S2/c10-9(7-3-11-6-12-4-7)8-5-13-1-2-14-8/h3-4,6,8-9H,1-2,5,10H2. The van der Waals surface area contributed by atoms with Gasteiger partial charge in [0.05, 0.1) is 0 Å². The summed E-state index contributed by atoms with van der Waals surface area (Å²) in [4.78, 5) is 7.99. The van der Waals surface area contributed by atoms with Crippen molar-refractivity contribution >= 4 is 23.5 Å². The number of thioether (sulfide) groups is 2. The zero-order chi connectivity index (χ0) is 9.80. The minimum absolute atomic E-state index is 0.0778. The fourth-order valence-corrected chi connectivity index (χ4v) is 4.21. The lowest BCUT2D eigenvalue weighted by Gasteiger charge is -2.26. The molecule has 2 rings (SSSR count). The number of hydrogen-bond donors (Lipinski definition) is 1. The summed E-state index contributed by atoms with van der Waals surface area (Å²) in [7, 11) is 0. The van der Waals surface area contributed by atoms with E-state index in [1.807, 2.05) is 35.9 Å². The Labute approximate surface area is 92.3 Å². The van der Waals surface area contributed by atoms with Crippen molar-refractivity contribution < 1.29 is 0 Å². The zero-order valence-electron chi connectivity index (χ0n) is 7.80. The van der Waals surface area contributed by atoms with Crippen molar-refractivity contribution in [1.29, 1.82) is 0 Å². The van der Waals surface area contributed by atoms with Crippen molar-refractivity contribution in [1.82, 2.24) is 9.97 Å². The Balaban J connectivity index is 2.03. The minimum Gasteiger partial charge on any atom is -0.323 e. The van der Waals surface area contributed by atoms with Crippen LogP contribution >= 0.6 is 23.5 Å². The Hall–Kier alpha value is -0.260. The zero-order valence-corrected chi connectivity index (χ0v) is 9.43. The molecule has 0 spiro atoms. The van der Waals surface area contributed by atoms with Crippen molar-refractivity contribution in [3.05, 3.63) is 24.3 Å². The normalized spacial score (nSPS) is 24.5. The van der Waals surface area contributed by atoms with E-state index in [0.717, 1.165) is 11.3 Å². The van der Waals surface area contributed by atoms with Gasteiger partial charge in [0, 0.05) is 46.5 Å². The van der Waals surface area contributed by atoms with Crippen LogP contribution in [0.4, 0.5) is 0 Å². The summed E-state index contributed by atoms with van der Waals surface area (Å²) in [6.45, 7) is 0. The van der Waals surface area contributed by atoms with Crippen LogP contribution in [0.2, 0.25) is 0 Å². The predicted octanol–water partition coefficient (Wildman–Crippen LogP) is 1.33. The summed E-state index contributed by atoms with van der Waals surface area (Å²) in [6, 6.07) is 0.0778. The first kappa shape index (κ1) is 10.3. The highest BCUT2D eigenvalue weighted by Gasteiger charge is 2.22. The van der Waals surface area contributed by atoms with Crippen LogP contribution in [0.5, 0.6) is 0 Å². The molecule has 1 aromatic heterocycles. The molecule has 0 aromatic carbocycles. The Kier molecular flexibility index (Phi) is 3.67. The molecule has 1 aliphatic rings. The van der Waals surface area contributed by atoms with Gasteiger partial charge in [-0.3, -0.25) is 0 Å². The van der Waals surface area contributed by atoms with Gasteiger partial charge in [-0.1, -0.05) is 0 Å². The van der Waals surface area contributed by atoms with Gasteiger partial charge in [-0.15, -0.1) is 0 Å². The Morgan fingerprint density at radius 2 is 2.14 bits per heavy atom. The van der Waals surface area contributed by atoms with E-state index in [-0.39, 0.29) is 6.04 Å². The number of aromatic nitrogens is 2. The van der Waals surface area contributed by atoms with Crippen LogP contribution in [0, 0.1) is 0 Å². The van der Waals surface area contributed by atoms with Crippen molar-refractivity contribution in [2.24, 2.45) is 5.73 Å². The molecule has 0 radical (unpaired) electrons. The van der Waals surface area contributed by atoms with Gasteiger partial charge in [0.2, 0.25) is 0 Å². The maximum atomic E-state index is 6.16. The van der Waals surface area contributed by atoms with Crippen LogP contribution in [0.3, 0.4) is 0 Å². The largest absolute Gasteiger partial charge is 0.323 e. The van der Waals surface area contributed by atoms with E-state index in [0.29, 0.717) is 5.25 Å². The second-order valence-electron chi connectivity index (χ2n) is 3.18. The molecule has 3 nitrogen and oxygen atoms in total. The van der Waals surface area contributed by atoms with E-state index in [4.69, 9.17) is 5.73 Å². The van der Waals surface area contributed by atoms with Gasteiger partial charge in [-0.05, 0) is 0 Å². The van der Waals surface area contributed by atoms with Gasteiger partial charge in [-0.2, -0.15) is 23.5 Å². The van der Waals surface area contributed by atoms with Gasteiger partial charge in [0.1, 0.15) is 6.33 Å². The third-order valence-electron chi connectivity index (χ3n) is 2.21. The Morgan fingerprint density at radius 1 is 1.36 bits per heavy atom. The third-order valence-corrected chi connectivity index (χ3v) is 5.09. The van der Waals surface area contributed by atoms with E-state index in [1.54, 1.807) is 6.33 Å². The molecule has 2 atom stereocenters. The first-order chi connectivity index (χ1) is 6.88. The SMILES string of the molecule is NC(c1cncnc1)C1CSCCS1. The lowest BCUT2D eigenvalue weighted by molar-refractivity contribution is 0.711. The summed E-state index contributed by atoms with van der Waals surface area (Å²) in [5.41, 5.74) is 7.20. The number of hydrogen-bond acceptors (Lipinski definition) is 5. The highest BCUT2D eigenvalue weighted by atomic mass is 32.2. The van der Waals surface area contributed by atoms with Gasteiger partial charge in [0.15, 0.2) is 0 Å². The molecule has 2 N–H and O–H groups in total. The molecule has 5 heteroatoms. The summed E-state index contributed by atoms with van der Waals surface area (Å²) in [5.74, 6) is 3.59. The molecular formula is C9H13N3S2. The molecule has 0 bridgehead atoms. The second kappa shape index (κ2) is 5.00. The predicted molar refractivity (Wildman–Crippen MR) is 62.5 cm³/mol. The molecular weight excluding hydrogens is 214 g/mol. The molecule has 14 heavy (non-hydrogen) atoms. The lowest BCUT2D eigenvalue weighted by atomic mass is 10.1. The highest BCUT2D eigenvalue weighted by Crippen LogP contribution is 2.31. The lowest BCUT2D eigenvalue weighted by Crippen LogP contribution is -2.28. The molecule has 1 aliphatic heterocycles. The first-order valence-corrected chi connectivity index (χ1v) is 6.78. The number of nitrogens with zero attached hydrogens (tertiary/aromatic N) is 2. The van der Waals surface area contributed by atoms with Crippen molar-refractivity contribution in [3.8, 4) is 0 Å². The van der Waals surface area contributed by atoms with E-state index in [2.05, 4.69) is 9.97 Å². The van der Waals surface area contributed by atoms with E-state index in [9.17, 15) is 0 Å². The quantitative estimate of drug-likeness (QED) is 0.826. The molecule has 76 valence electrons. The van der Waals surface area contributed by atoms with Crippen LogP contribution in [-0.4, -0.2) is 32.5 Å². The van der Waals surface area contributed by atoms with Gasteiger partial charge >= 0.3 is 0 Å². The van der Waals surface area contributed by atoms with Crippen molar-refractivity contribution in [2.75, 3.05) is 17.3 Å². The third kappa shape index (κ3) is 2.40. The summed E-state index contributed by atoms with van der Waals surface area (Å²) < 4.78 is 0. The van der Waals surface area contributed by atoms with Gasteiger partial charge in [-0.25, -0.2) is 9.97 Å². The molecule has 0 amide bonds. The summed E-state index contributed by atoms with van der Waals surface area (Å²) in [5, 5.41) is 0.514. The topological polar surface area (TPSA) is 51.8 Å². The van der Waals surface area contributed by atoms with Crippen LogP contribution in [-0.2, 0) is 0 Å². The maximum Gasteiger partial charge on any atom is 0.115 e. The van der Waals surface area contributed by atoms with Crippen molar-refractivity contribution in [2.45, 2.75) is 11.3 Å². The smallest absolute Gasteiger partial charge is 0.115 e. The Bertz CT molecular complexity index is 275. The van der Waals surface area contributed by atoms with Crippen molar-refractivity contribution in [3.63, 3.8) is 0 Å². The molecule has 1 saturated heterocycles. The van der Waals surface area contributed by atoms with Crippen LogP contribution < -0.4 is 5.73 Å². The van der Waals surface area contributed by atoms with Crippen LogP contribution in [0.25, 0.3) is 0 Å². The van der Waals surface area contributed by atoms with E-state index in [1.165, 1.54) is 11.5 Å². The average Bonchev–Trinajstić information content (AvgIpc) is 2.30. The van der Waals surface area contributed by atoms with Gasteiger partial charge in [0.25, 0.3) is 0 Å². The van der Waals surface area contributed by atoms with Crippen LogP contribution in [0.1, 0.15) is 11.6 Å². The maximum absolute atomic E-state index is 6.16. The Morgan fingerprint density at radius 3 is 2.79 bits per heavy atom. The fourth-order valence-electron chi connectivity index (χ4n) is 1.41. The summed E-state index contributed by atoms with van der Waals surface area (Å²) in [6.07, 6.45) is 5.17. The van der Waals surface area contributed by atoms with E-state index < -0.39 is 0 Å². The average molecular weight is 227 g/mol. The first-order valence-electron chi connectivity index (χ1n) is 4.58. The van der Waals surface area contributed by atoms with Crippen LogP contribution in [0.15, 0.2) is 18.7 Å². The molecule has 0 saturated carbocycles. The number of nitrogens with two attached hydrogens (primary N) is 1.